The number of carbonyl (C=O) groups is 1. The normalized spacial score (nSPS) is 21.1. The second-order valence-corrected chi connectivity index (χ2v) is 4.66. The number of rotatable bonds is 5. The molecule has 4 heteroatoms. The lowest BCUT2D eigenvalue weighted by Gasteiger charge is -2.32. The van der Waals surface area contributed by atoms with Crippen LogP contribution in [0.1, 0.15) is 26.7 Å². The molecule has 0 aliphatic carbocycles. The average Bonchev–Trinajstić information content (AvgIpc) is 2.30. The Hall–Kier alpha value is -0.610. The van der Waals surface area contributed by atoms with E-state index in [4.69, 9.17) is 4.74 Å². The van der Waals surface area contributed by atoms with Crippen LogP contribution in [0.25, 0.3) is 0 Å². The molecule has 0 spiro atoms. The molecule has 1 atom stereocenters. The Morgan fingerprint density at radius 3 is 2.81 bits per heavy atom. The van der Waals surface area contributed by atoms with Crippen LogP contribution in [0.15, 0.2) is 0 Å². The Labute approximate surface area is 98.3 Å². The zero-order valence-electron chi connectivity index (χ0n) is 10.7. The fraction of sp³-hybridized carbons (Fsp3) is 0.917. The van der Waals surface area contributed by atoms with Crippen molar-refractivity contribution in [3.63, 3.8) is 0 Å². The lowest BCUT2D eigenvalue weighted by Crippen LogP contribution is -2.47. The van der Waals surface area contributed by atoms with Gasteiger partial charge in [0.1, 0.15) is 0 Å². The first-order valence-corrected chi connectivity index (χ1v) is 6.17. The molecule has 1 saturated heterocycles. The van der Waals surface area contributed by atoms with E-state index in [2.05, 4.69) is 19.2 Å². The number of nitrogens with zero attached hydrogens (tertiary/aromatic N) is 1. The van der Waals surface area contributed by atoms with Crippen molar-refractivity contribution in [1.29, 1.82) is 0 Å². The van der Waals surface area contributed by atoms with Gasteiger partial charge in [0.25, 0.3) is 0 Å². The topological polar surface area (TPSA) is 41.6 Å². The Balaban J connectivity index is 2.51. The van der Waals surface area contributed by atoms with E-state index in [1.54, 1.807) is 7.11 Å². The van der Waals surface area contributed by atoms with Crippen molar-refractivity contribution < 1.29 is 9.53 Å². The van der Waals surface area contributed by atoms with E-state index in [1.807, 2.05) is 4.90 Å². The molecule has 0 bridgehead atoms. The van der Waals surface area contributed by atoms with Crippen LogP contribution in [0.3, 0.4) is 0 Å². The number of carbonyl (C=O) groups excluding carboxylic acids is 1. The molecule has 1 aliphatic heterocycles. The number of nitrogens with one attached hydrogen (secondary N) is 1. The number of hydrogen-bond acceptors (Lipinski definition) is 3. The van der Waals surface area contributed by atoms with E-state index in [0.29, 0.717) is 13.2 Å². The summed E-state index contributed by atoms with van der Waals surface area (Å²) in [5, 5.41) is 3.29. The Bertz CT molecular complexity index is 213. The van der Waals surface area contributed by atoms with Gasteiger partial charge < -0.3 is 15.0 Å². The van der Waals surface area contributed by atoms with Crippen molar-refractivity contribution in [3.8, 4) is 0 Å². The smallest absolute Gasteiger partial charge is 0.227 e. The standard InChI is InChI=1S/C12H24N2O2/c1-10(2)14(7-8-16-3)12(15)11-5-4-6-13-9-11/h10-11,13H,4-9H2,1-3H3. The van der Waals surface area contributed by atoms with Crippen molar-refractivity contribution in [2.24, 2.45) is 5.92 Å². The third-order valence-electron chi connectivity index (χ3n) is 3.09. The van der Waals surface area contributed by atoms with Crippen molar-refractivity contribution in [2.75, 3.05) is 33.4 Å². The van der Waals surface area contributed by atoms with Gasteiger partial charge in [-0.3, -0.25) is 4.79 Å². The van der Waals surface area contributed by atoms with Crippen LogP contribution < -0.4 is 5.32 Å². The first kappa shape index (κ1) is 13.5. The van der Waals surface area contributed by atoms with Crippen LogP contribution in [0.5, 0.6) is 0 Å². The Morgan fingerprint density at radius 1 is 1.56 bits per heavy atom. The monoisotopic (exact) mass is 228 g/mol. The van der Waals surface area contributed by atoms with Crippen molar-refractivity contribution >= 4 is 5.91 Å². The van der Waals surface area contributed by atoms with Crippen LogP contribution in [0.4, 0.5) is 0 Å². The largest absolute Gasteiger partial charge is 0.383 e. The molecule has 1 rings (SSSR count). The number of amides is 1. The molecule has 1 amide bonds. The molecular weight excluding hydrogens is 204 g/mol. The highest BCUT2D eigenvalue weighted by atomic mass is 16.5. The minimum absolute atomic E-state index is 0.160. The maximum atomic E-state index is 12.3. The molecule has 1 aliphatic rings. The molecule has 0 radical (unpaired) electrons. The van der Waals surface area contributed by atoms with Gasteiger partial charge in [0.2, 0.25) is 5.91 Å². The van der Waals surface area contributed by atoms with E-state index < -0.39 is 0 Å². The first-order chi connectivity index (χ1) is 7.66. The molecule has 0 aromatic rings. The SMILES string of the molecule is COCCN(C(=O)C1CCCNC1)C(C)C. The maximum Gasteiger partial charge on any atom is 0.227 e. The summed E-state index contributed by atoms with van der Waals surface area (Å²) in [4.78, 5) is 14.2. The van der Waals surface area contributed by atoms with E-state index >= 15 is 0 Å². The predicted molar refractivity (Wildman–Crippen MR) is 64.3 cm³/mol. The summed E-state index contributed by atoms with van der Waals surface area (Å²) < 4.78 is 5.05. The minimum atomic E-state index is 0.160. The van der Waals surface area contributed by atoms with Crippen LogP contribution >= 0.6 is 0 Å². The van der Waals surface area contributed by atoms with Crippen LogP contribution in [-0.2, 0) is 9.53 Å². The van der Waals surface area contributed by atoms with Crippen LogP contribution in [0.2, 0.25) is 0 Å². The second kappa shape index (κ2) is 6.86. The zero-order valence-corrected chi connectivity index (χ0v) is 10.7. The van der Waals surface area contributed by atoms with Gasteiger partial charge in [0.05, 0.1) is 12.5 Å². The minimum Gasteiger partial charge on any atom is -0.383 e. The summed E-state index contributed by atoms with van der Waals surface area (Å²) in [6.45, 7) is 7.31. The molecule has 16 heavy (non-hydrogen) atoms. The molecule has 0 aromatic carbocycles. The Kier molecular flexibility index (Phi) is 5.77. The highest BCUT2D eigenvalue weighted by molar-refractivity contribution is 5.79. The van der Waals surface area contributed by atoms with E-state index in [9.17, 15) is 4.79 Å². The zero-order chi connectivity index (χ0) is 12.0. The number of ether oxygens (including phenoxy) is 1. The fourth-order valence-corrected chi connectivity index (χ4v) is 2.11. The summed E-state index contributed by atoms with van der Waals surface area (Å²) in [6, 6.07) is 0.254. The summed E-state index contributed by atoms with van der Waals surface area (Å²) in [5.74, 6) is 0.437. The van der Waals surface area contributed by atoms with Crippen molar-refractivity contribution in [1.82, 2.24) is 10.2 Å². The van der Waals surface area contributed by atoms with Gasteiger partial charge in [-0.2, -0.15) is 0 Å². The quantitative estimate of drug-likeness (QED) is 0.759. The molecule has 1 fully saturated rings. The van der Waals surface area contributed by atoms with Crippen LogP contribution in [-0.4, -0.2) is 50.2 Å². The second-order valence-electron chi connectivity index (χ2n) is 4.66. The van der Waals surface area contributed by atoms with Gasteiger partial charge in [-0.1, -0.05) is 0 Å². The lowest BCUT2D eigenvalue weighted by molar-refractivity contribution is -0.138. The van der Waals surface area contributed by atoms with Gasteiger partial charge in [-0.25, -0.2) is 0 Å². The molecule has 1 heterocycles. The van der Waals surface area contributed by atoms with E-state index in [1.165, 1.54) is 0 Å². The summed E-state index contributed by atoms with van der Waals surface area (Å²) in [6.07, 6.45) is 2.12. The molecule has 94 valence electrons. The summed E-state index contributed by atoms with van der Waals surface area (Å²) >= 11 is 0. The third-order valence-corrected chi connectivity index (χ3v) is 3.09. The van der Waals surface area contributed by atoms with Gasteiger partial charge >= 0.3 is 0 Å². The maximum absolute atomic E-state index is 12.3. The van der Waals surface area contributed by atoms with Crippen molar-refractivity contribution in [2.45, 2.75) is 32.7 Å². The molecule has 1 N–H and O–H groups in total. The highest BCUT2D eigenvalue weighted by Crippen LogP contribution is 2.15. The van der Waals surface area contributed by atoms with Gasteiger partial charge in [0.15, 0.2) is 0 Å². The number of methoxy groups -OCH3 is 1. The van der Waals surface area contributed by atoms with Gasteiger partial charge in [0, 0.05) is 26.2 Å². The van der Waals surface area contributed by atoms with E-state index in [-0.39, 0.29) is 17.9 Å². The van der Waals surface area contributed by atoms with Crippen molar-refractivity contribution in [3.05, 3.63) is 0 Å². The van der Waals surface area contributed by atoms with Crippen LogP contribution in [0, 0.1) is 5.92 Å². The van der Waals surface area contributed by atoms with Gasteiger partial charge in [-0.05, 0) is 33.2 Å². The fourth-order valence-electron chi connectivity index (χ4n) is 2.11. The predicted octanol–water partition coefficient (Wildman–Crippen LogP) is 0.869. The first-order valence-electron chi connectivity index (χ1n) is 6.17. The molecular formula is C12H24N2O2. The third kappa shape index (κ3) is 3.76. The Morgan fingerprint density at radius 2 is 2.31 bits per heavy atom. The van der Waals surface area contributed by atoms with E-state index in [0.717, 1.165) is 25.9 Å². The summed E-state index contributed by atoms with van der Waals surface area (Å²) in [7, 11) is 1.67. The lowest BCUT2D eigenvalue weighted by atomic mass is 9.97. The number of hydrogen-bond donors (Lipinski definition) is 1. The van der Waals surface area contributed by atoms with Gasteiger partial charge in [-0.15, -0.1) is 0 Å². The number of piperidine rings is 1. The average molecular weight is 228 g/mol. The molecule has 0 saturated carbocycles. The summed E-state index contributed by atoms with van der Waals surface area (Å²) in [5.41, 5.74) is 0. The highest BCUT2D eigenvalue weighted by Gasteiger charge is 2.26. The molecule has 0 aromatic heterocycles. The molecule has 4 nitrogen and oxygen atoms in total. The molecule has 1 unspecified atom stereocenters.